The Morgan fingerprint density at radius 2 is 1.81 bits per heavy atom. The minimum absolute atomic E-state index is 0.0932. The summed E-state index contributed by atoms with van der Waals surface area (Å²) in [5.41, 5.74) is 2.48. The molecule has 6 nitrogen and oxygen atoms in total. The minimum Gasteiger partial charge on any atom is -0.462 e. The molecule has 0 spiro atoms. The predicted molar refractivity (Wildman–Crippen MR) is 96.7 cm³/mol. The fraction of sp³-hybridized carbons (Fsp3) is 0.150. The number of benzene rings is 2. The molecule has 0 aliphatic rings. The zero-order valence-electron chi connectivity index (χ0n) is 14.3. The van der Waals surface area contributed by atoms with Crippen LogP contribution in [0.25, 0.3) is 11.3 Å². The monoisotopic (exact) mass is 350 g/mol. The number of carbonyl (C=O) groups excluding carboxylic acids is 2. The number of nitrogens with one attached hydrogen (secondary N) is 1. The van der Waals surface area contributed by atoms with Crippen molar-refractivity contribution in [2.45, 2.75) is 13.3 Å². The van der Waals surface area contributed by atoms with Crippen molar-refractivity contribution in [3.05, 3.63) is 71.9 Å². The molecule has 0 fully saturated rings. The molecular weight excluding hydrogens is 332 g/mol. The van der Waals surface area contributed by atoms with Crippen LogP contribution in [0.2, 0.25) is 0 Å². The number of aromatic nitrogens is 1. The van der Waals surface area contributed by atoms with E-state index in [0.29, 0.717) is 29.3 Å². The standard InChI is InChI=1S/C20H18N2O4/c1-2-25-20(24)15-8-10-16(11-9-15)21-19(23)13-17-12-18(26-22-17)14-6-4-3-5-7-14/h3-12H,2,13H2,1H3,(H,21,23). The van der Waals surface area contributed by atoms with E-state index in [1.807, 2.05) is 30.3 Å². The van der Waals surface area contributed by atoms with Gasteiger partial charge in [-0.25, -0.2) is 4.79 Å². The maximum atomic E-state index is 12.2. The summed E-state index contributed by atoms with van der Waals surface area (Å²) >= 11 is 0. The third-order valence-electron chi connectivity index (χ3n) is 3.64. The van der Waals surface area contributed by atoms with Crippen molar-refractivity contribution in [1.29, 1.82) is 0 Å². The molecule has 0 unspecified atom stereocenters. The Kier molecular flexibility index (Phi) is 5.43. The van der Waals surface area contributed by atoms with Gasteiger partial charge in [0.05, 0.1) is 24.3 Å². The molecule has 26 heavy (non-hydrogen) atoms. The van der Waals surface area contributed by atoms with Crippen molar-refractivity contribution >= 4 is 17.6 Å². The van der Waals surface area contributed by atoms with E-state index < -0.39 is 0 Å². The third-order valence-corrected chi connectivity index (χ3v) is 3.64. The van der Waals surface area contributed by atoms with Gasteiger partial charge >= 0.3 is 5.97 Å². The van der Waals surface area contributed by atoms with Crippen LogP contribution in [0.1, 0.15) is 23.0 Å². The lowest BCUT2D eigenvalue weighted by atomic mass is 10.1. The maximum absolute atomic E-state index is 12.2. The van der Waals surface area contributed by atoms with Gasteiger partial charge in [0.15, 0.2) is 5.76 Å². The molecule has 1 heterocycles. The number of amides is 1. The van der Waals surface area contributed by atoms with Crippen LogP contribution in [0.5, 0.6) is 0 Å². The molecule has 2 aromatic carbocycles. The van der Waals surface area contributed by atoms with Crippen LogP contribution in [0.3, 0.4) is 0 Å². The Labute approximate surface area is 150 Å². The molecule has 0 radical (unpaired) electrons. The molecule has 0 aliphatic carbocycles. The number of hydrogen-bond donors (Lipinski definition) is 1. The van der Waals surface area contributed by atoms with Gasteiger partial charge < -0.3 is 14.6 Å². The third kappa shape index (κ3) is 4.36. The van der Waals surface area contributed by atoms with E-state index in [0.717, 1.165) is 5.56 Å². The second-order valence-corrected chi connectivity index (χ2v) is 5.57. The van der Waals surface area contributed by atoms with Crippen LogP contribution in [0, 0.1) is 0 Å². The lowest BCUT2D eigenvalue weighted by Gasteiger charge is -2.05. The molecule has 0 atom stereocenters. The van der Waals surface area contributed by atoms with Gasteiger partial charge in [0.1, 0.15) is 0 Å². The quantitative estimate of drug-likeness (QED) is 0.686. The van der Waals surface area contributed by atoms with Crippen molar-refractivity contribution < 1.29 is 18.8 Å². The first-order valence-electron chi connectivity index (χ1n) is 8.23. The zero-order valence-corrected chi connectivity index (χ0v) is 14.3. The van der Waals surface area contributed by atoms with Crippen LogP contribution in [-0.4, -0.2) is 23.6 Å². The zero-order chi connectivity index (χ0) is 18.4. The Bertz CT molecular complexity index is 886. The Balaban J connectivity index is 1.59. The number of esters is 1. The first-order chi connectivity index (χ1) is 12.7. The summed E-state index contributed by atoms with van der Waals surface area (Å²) in [6.45, 7) is 2.07. The smallest absolute Gasteiger partial charge is 0.338 e. The highest BCUT2D eigenvalue weighted by Crippen LogP contribution is 2.20. The summed E-state index contributed by atoms with van der Waals surface area (Å²) in [4.78, 5) is 23.8. The van der Waals surface area contributed by atoms with Crippen LogP contribution in [-0.2, 0) is 16.0 Å². The second kappa shape index (κ2) is 8.11. The summed E-state index contributed by atoms with van der Waals surface area (Å²) in [6, 6.07) is 17.8. The van der Waals surface area contributed by atoms with E-state index in [-0.39, 0.29) is 18.3 Å². The molecule has 0 aliphatic heterocycles. The van der Waals surface area contributed by atoms with E-state index in [9.17, 15) is 9.59 Å². The number of anilines is 1. The van der Waals surface area contributed by atoms with Gasteiger partial charge in [-0.2, -0.15) is 0 Å². The van der Waals surface area contributed by atoms with E-state index in [1.165, 1.54) is 0 Å². The summed E-state index contributed by atoms with van der Waals surface area (Å²) in [5, 5.41) is 6.70. The molecule has 3 rings (SSSR count). The minimum atomic E-state index is -0.388. The number of rotatable bonds is 6. The van der Waals surface area contributed by atoms with Crippen molar-refractivity contribution in [2.24, 2.45) is 0 Å². The molecule has 0 bridgehead atoms. The van der Waals surface area contributed by atoms with E-state index in [1.54, 1.807) is 37.3 Å². The van der Waals surface area contributed by atoms with Crippen LogP contribution < -0.4 is 5.32 Å². The molecule has 1 amide bonds. The highest BCUT2D eigenvalue weighted by Gasteiger charge is 2.11. The average molecular weight is 350 g/mol. The van der Waals surface area contributed by atoms with Crippen LogP contribution >= 0.6 is 0 Å². The fourth-order valence-corrected chi connectivity index (χ4v) is 2.41. The van der Waals surface area contributed by atoms with Crippen molar-refractivity contribution in [2.75, 3.05) is 11.9 Å². The molecule has 3 aromatic rings. The van der Waals surface area contributed by atoms with E-state index >= 15 is 0 Å². The predicted octanol–water partition coefficient (Wildman–Crippen LogP) is 3.70. The second-order valence-electron chi connectivity index (χ2n) is 5.57. The van der Waals surface area contributed by atoms with E-state index in [2.05, 4.69) is 10.5 Å². The highest BCUT2D eigenvalue weighted by molar-refractivity contribution is 5.93. The van der Waals surface area contributed by atoms with E-state index in [4.69, 9.17) is 9.26 Å². The van der Waals surface area contributed by atoms with Gasteiger partial charge in [-0.3, -0.25) is 4.79 Å². The van der Waals surface area contributed by atoms with Crippen LogP contribution in [0.4, 0.5) is 5.69 Å². The number of hydrogen-bond acceptors (Lipinski definition) is 5. The van der Waals surface area contributed by atoms with Gasteiger partial charge in [0.25, 0.3) is 0 Å². The number of ether oxygens (including phenoxy) is 1. The van der Waals surface area contributed by atoms with Crippen molar-refractivity contribution in [3.8, 4) is 11.3 Å². The van der Waals surface area contributed by atoms with Crippen molar-refractivity contribution in [1.82, 2.24) is 5.16 Å². The number of nitrogens with zero attached hydrogens (tertiary/aromatic N) is 1. The molecule has 0 saturated heterocycles. The first-order valence-corrected chi connectivity index (χ1v) is 8.23. The molecule has 1 N–H and O–H groups in total. The number of carbonyl (C=O) groups is 2. The molecule has 132 valence electrons. The fourth-order valence-electron chi connectivity index (χ4n) is 2.41. The lowest BCUT2D eigenvalue weighted by Crippen LogP contribution is -2.14. The summed E-state index contributed by atoms with van der Waals surface area (Å²) in [5.74, 6) is 0.00963. The SMILES string of the molecule is CCOC(=O)c1ccc(NC(=O)Cc2cc(-c3ccccc3)on2)cc1. The molecule has 6 heteroatoms. The first kappa shape index (κ1) is 17.4. The average Bonchev–Trinajstić information content (AvgIpc) is 3.11. The normalized spacial score (nSPS) is 10.3. The summed E-state index contributed by atoms with van der Waals surface area (Å²) in [7, 11) is 0. The molecule has 0 saturated carbocycles. The highest BCUT2D eigenvalue weighted by atomic mass is 16.5. The lowest BCUT2D eigenvalue weighted by molar-refractivity contribution is -0.115. The maximum Gasteiger partial charge on any atom is 0.338 e. The largest absolute Gasteiger partial charge is 0.462 e. The van der Waals surface area contributed by atoms with Crippen molar-refractivity contribution in [3.63, 3.8) is 0 Å². The van der Waals surface area contributed by atoms with Gasteiger partial charge in [-0.15, -0.1) is 0 Å². The van der Waals surface area contributed by atoms with Gasteiger partial charge in [0.2, 0.25) is 5.91 Å². The van der Waals surface area contributed by atoms with Gasteiger partial charge in [-0.05, 0) is 31.2 Å². The molecular formula is C20H18N2O4. The molecule has 1 aromatic heterocycles. The topological polar surface area (TPSA) is 81.4 Å². The Morgan fingerprint density at radius 3 is 2.50 bits per heavy atom. The summed E-state index contributed by atoms with van der Waals surface area (Å²) in [6.07, 6.45) is 0.0932. The Morgan fingerprint density at radius 1 is 1.08 bits per heavy atom. The van der Waals surface area contributed by atoms with Gasteiger partial charge in [-0.1, -0.05) is 35.5 Å². The summed E-state index contributed by atoms with van der Waals surface area (Å²) < 4.78 is 10.2. The Hall–Kier alpha value is -3.41. The van der Waals surface area contributed by atoms with Gasteiger partial charge in [0, 0.05) is 17.3 Å². The van der Waals surface area contributed by atoms with Crippen LogP contribution in [0.15, 0.2) is 65.2 Å².